The molecular weight excluding hydrogens is 508 g/mol. The number of carbonyl (C=O) groups excluding carboxylic acids is 2. The first-order chi connectivity index (χ1) is 18.8. The Morgan fingerprint density at radius 1 is 1.15 bits per heavy atom. The van der Waals surface area contributed by atoms with E-state index in [1.54, 1.807) is 23.1 Å². The van der Waals surface area contributed by atoms with E-state index in [0.717, 1.165) is 5.56 Å². The molecular formula is C31H40N4O5. The number of nitrogens with one attached hydrogen (secondary N) is 1. The number of nitrogens with zero attached hydrogens (tertiary/aromatic N) is 2. The molecule has 40 heavy (non-hydrogen) atoms. The normalized spacial score (nSPS) is 29.4. The van der Waals surface area contributed by atoms with Crippen molar-refractivity contribution >= 4 is 17.8 Å². The number of hydrogen-bond acceptors (Lipinski definition) is 7. The zero-order chi connectivity index (χ0) is 29.0. The number of guanidine groups is 1. The van der Waals surface area contributed by atoms with Gasteiger partial charge >= 0.3 is 0 Å². The number of amides is 2. The zero-order valence-electron chi connectivity index (χ0n) is 24.1. The third-order valence-electron chi connectivity index (χ3n) is 9.09. The molecule has 2 aromatic rings. The van der Waals surface area contributed by atoms with Crippen LogP contribution in [-0.2, 0) is 4.79 Å². The largest absolute Gasteiger partial charge is 0.493 e. The smallest absolute Gasteiger partial charge is 0.251 e. The summed E-state index contributed by atoms with van der Waals surface area (Å²) >= 11 is 0. The predicted octanol–water partition coefficient (Wildman–Crippen LogP) is 4.11. The van der Waals surface area contributed by atoms with E-state index in [0.29, 0.717) is 35.7 Å². The number of nitrogens with two attached hydrogens (primary N) is 1. The molecule has 9 heteroatoms. The number of para-hydroxylation sites is 1. The van der Waals surface area contributed by atoms with Gasteiger partial charge in [-0.3, -0.25) is 14.5 Å². The standard InChI is InChI=1S/C31H40N4O5/c1-17(2)31(6)16-25(36)35(29(32)34-31)22-13-14-39-23-12-11-19(15-21(22)23)28(38)33-26-20-9-7-8-10-24(20)40-30(4,5)18(3)27(26)37/h7-12,15,17-18,22,26-27,37H,13-14,16H2,1-6H3,(H2,32,34)(H,33,38)/t18-,22-,26-,27?,31+/m1/s1. The summed E-state index contributed by atoms with van der Waals surface area (Å²) in [5.41, 5.74) is 7.02. The average Bonchev–Trinajstić information content (AvgIpc) is 2.96. The minimum absolute atomic E-state index is 0.0915. The van der Waals surface area contributed by atoms with Crippen molar-refractivity contribution in [3.63, 3.8) is 0 Å². The molecule has 3 aliphatic heterocycles. The van der Waals surface area contributed by atoms with Crippen LogP contribution in [-0.4, -0.2) is 51.6 Å². The number of carbonyl (C=O) groups is 2. The summed E-state index contributed by atoms with van der Waals surface area (Å²) in [6.07, 6.45) is -0.0983. The Hall–Kier alpha value is -3.59. The molecule has 0 radical (unpaired) electrons. The van der Waals surface area contributed by atoms with Crippen molar-refractivity contribution in [3.8, 4) is 11.5 Å². The maximum atomic E-state index is 13.7. The summed E-state index contributed by atoms with van der Waals surface area (Å²) in [7, 11) is 0. The Morgan fingerprint density at radius 3 is 2.58 bits per heavy atom. The Labute approximate surface area is 235 Å². The van der Waals surface area contributed by atoms with Crippen LogP contribution in [0.1, 0.15) is 88.0 Å². The number of fused-ring (bicyclic) bond motifs is 2. The molecule has 9 nitrogen and oxygen atoms in total. The maximum absolute atomic E-state index is 13.7. The summed E-state index contributed by atoms with van der Waals surface area (Å²) in [5.74, 6) is 0.868. The number of aliphatic hydroxyl groups is 1. The summed E-state index contributed by atoms with van der Waals surface area (Å²) in [6.45, 7) is 12.2. The molecule has 2 amide bonds. The monoisotopic (exact) mass is 548 g/mol. The first kappa shape index (κ1) is 28.0. The second-order valence-electron chi connectivity index (χ2n) is 12.3. The van der Waals surface area contributed by atoms with Crippen molar-refractivity contribution in [1.29, 1.82) is 0 Å². The summed E-state index contributed by atoms with van der Waals surface area (Å²) in [5, 5.41) is 14.4. The third kappa shape index (κ3) is 4.80. The van der Waals surface area contributed by atoms with Gasteiger partial charge in [0.2, 0.25) is 5.91 Å². The predicted molar refractivity (Wildman–Crippen MR) is 152 cm³/mol. The minimum atomic E-state index is -0.881. The molecule has 5 rings (SSSR count). The van der Waals surface area contributed by atoms with Gasteiger partial charge in [0, 0.05) is 29.0 Å². The number of aliphatic imine (C=N–C) groups is 1. The highest BCUT2D eigenvalue weighted by atomic mass is 16.5. The SMILES string of the molecule is CC(C)[C@]1(C)CC(=O)N([C@@H]2CCOc3ccc(C(=O)N[C@@H]4c5ccccc5OC(C)(C)[C@H](C)C4O)cc32)C(N)=N1. The molecule has 3 aliphatic rings. The van der Waals surface area contributed by atoms with Gasteiger partial charge in [-0.1, -0.05) is 39.0 Å². The number of rotatable bonds is 4. The lowest BCUT2D eigenvalue weighted by Crippen LogP contribution is -2.54. The Morgan fingerprint density at radius 2 is 1.88 bits per heavy atom. The molecule has 3 heterocycles. The van der Waals surface area contributed by atoms with Crippen molar-refractivity contribution in [1.82, 2.24) is 10.2 Å². The van der Waals surface area contributed by atoms with E-state index in [4.69, 9.17) is 20.2 Å². The summed E-state index contributed by atoms with van der Waals surface area (Å²) in [4.78, 5) is 33.3. The number of aliphatic hydroxyl groups excluding tert-OH is 1. The van der Waals surface area contributed by atoms with Gasteiger partial charge in [-0.2, -0.15) is 0 Å². The molecule has 0 bridgehead atoms. The van der Waals surface area contributed by atoms with Crippen LogP contribution in [0.25, 0.3) is 0 Å². The molecule has 0 fully saturated rings. The Bertz CT molecular complexity index is 1350. The van der Waals surface area contributed by atoms with E-state index >= 15 is 0 Å². The highest BCUT2D eigenvalue weighted by Gasteiger charge is 2.44. The molecule has 2 aromatic carbocycles. The second-order valence-corrected chi connectivity index (χ2v) is 12.3. The van der Waals surface area contributed by atoms with Gasteiger partial charge in [-0.15, -0.1) is 0 Å². The molecule has 0 saturated heterocycles. The second kappa shape index (κ2) is 10.1. The lowest BCUT2D eigenvalue weighted by molar-refractivity contribution is -0.132. The molecule has 5 atom stereocenters. The van der Waals surface area contributed by atoms with Crippen LogP contribution in [0.3, 0.4) is 0 Å². The highest BCUT2D eigenvalue weighted by molar-refractivity contribution is 6.00. The maximum Gasteiger partial charge on any atom is 0.251 e. The zero-order valence-corrected chi connectivity index (χ0v) is 24.1. The van der Waals surface area contributed by atoms with Gasteiger partial charge in [0.25, 0.3) is 5.91 Å². The first-order valence-corrected chi connectivity index (χ1v) is 14.0. The molecule has 4 N–H and O–H groups in total. The van der Waals surface area contributed by atoms with Crippen LogP contribution in [0, 0.1) is 11.8 Å². The topological polar surface area (TPSA) is 126 Å². The lowest BCUT2D eigenvalue weighted by atomic mass is 9.83. The summed E-state index contributed by atoms with van der Waals surface area (Å²) < 4.78 is 12.2. The van der Waals surface area contributed by atoms with Crippen molar-refractivity contribution < 1.29 is 24.2 Å². The van der Waals surface area contributed by atoms with Gasteiger partial charge in [0.05, 0.1) is 36.8 Å². The van der Waals surface area contributed by atoms with Gasteiger partial charge in [-0.25, -0.2) is 4.99 Å². The van der Waals surface area contributed by atoms with Crippen LogP contribution < -0.4 is 20.5 Å². The van der Waals surface area contributed by atoms with Crippen molar-refractivity contribution in [2.24, 2.45) is 22.6 Å². The fourth-order valence-electron chi connectivity index (χ4n) is 5.80. The third-order valence-corrected chi connectivity index (χ3v) is 9.09. The molecule has 0 aromatic heterocycles. The lowest BCUT2D eigenvalue weighted by Gasteiger charge is -2.42. The fourth-order valence-corrected chi connectivity index (χ4v) is 5.80. The Kier molecular flexibility index (Phi) is 7.06. The fraction of sp³-hybridized carbons (Fsp3) is 0.516. The van der Waals surface area contributed by atoms with E-state index in [-0.39, 0.29) is 36.0 Å². The molecule has 214 valence electrons. The average molecular weight is 549 g/mol. The first-order valence-electron chi connectivity index (χ1n) is 14.0. The van der Waals surface area contributed by atoms with Crippen LogP contribution in [0.15, 0.2) is 47.5 Å². The molecule has 0 aliphatic carbocycles. The number of benzene rings is 2. The van der Waals surface area contributed by atoms with E-state index in [1.807, 2.05) is 65.8 Å². The van der Waals surface area contributed by atoms with Gasteiger partial charge < -0.3 is 25.6 Å². The van der Waals surface area contributed by atoms with E-state index in [2.05, 4.69) is 5.32 Å². The quantitative estimate of drug-likeness (QED) is 0.528. The van der Waals surface area contributed by atoms with Gasteiger partial charge in [0.1, 0.15) is 17.1 Å². The van der Waals surface area contributed by atoms with E-state index < -0.39 is 29.3 Å². The van der Waals surface area contributed by atoms with Crippen LogP contribution >= 0.6 is 0 Å². The van der Waals surface area contributed by atoms with Gasteiger partial charge in [0.15, 0.2) is 5.96 Å². The van der Waals surface area contributed by atoms with Crippen LogP contribution in [0.5, 0.6) is 11.5 Å². The van der Waals surface area contributed by atoms with Crippen LogP contribution in [0.4, 0.5) is 0 Å². The molecule has 0 saturated carbocycles. The summed E-state index contributed by atoms with van der Waals surface area (Å²) in [6, 6.07) is 11.6. The van der Waals surface area contributed by atoms with E-state index in [9.17, 15) is 14.7 Å². The highest BCUT2D eigenvalue weighted by Crippen LogP contribution is 2.42. The van der Waals surface area contributed by atoms with Crippen molar-refractivity contribution in [2.75, 3.05) is 6.61 Å². The minimum Gasteiger partial charge on any atom is -0.493 e. The Balaban J connectivity index is 1.46. The van der Waals surface area contributed by atoms with Gasteiger partial charge in [-0.05, 0) is 51.0 Å². The van der Waals surface area contributed by atoms with Crippen molar-refractivity contribution in [2.45, 2.75) is 83.7 Å². The molecule has 1 unspecified atom stereocenters. The molecule has 0 spiro atoms. The van der Waals surface area contributed by atoms with Crippen LogP contribution in [0.2, 0.25) is 0 Å². The van der Waals surface area contributed by atoms with Crippen molar-refractivity contribution in [3.05, 3.63) is 59.2 Å². The number of ether oxygens (including phenoxy) is 2. The number of hydrogen-bond donors (Lipinski definition) is 3. The van der Waals surface area contributed by atoms with E-state index in [1.165, 1.54) is 0 Å².